The Balaban J connectivity index is 1.52. The van der Waals surface area contributed by atoms with Crippen molar-refractivity contribution in [2.75, 3.05) is 0 Å². The molecule has 2 unspecified atom stereocenters. The molecule has 0 amide bonds. The lowest BCUT2D eigenvalue weighted by molar-refractivity contribution is 0.531. The van der Waals surface area contributed by atoms with E-state index in [0.717, 1.165) is 19.3 Å². The van der Waals surface area contributed by atoms with Crippen LogP contribution in [0.25, 0.3) is 16.3 Å². The lowest BCUT2D eigenvalue weighted by Crippen LogP contribution is -2.36. The number of hydrogen-bond donors (Lipinski definition) is 1. The van der Waals surface area contributed by atoms with Gasteiger partial charge in [0.15, 0.2) is 0 Å². The maximum Gasteiger partial charge on any atom is 0.0330 e. The third-order valence-electron chi connectivity index (χ3n) is 6.01. The Morgan fingerprint density at radius 2 is 1.65 bits per heavy atom. The van der Waals surface area contributed by atoms with E-state index in [1.807, 2.05) is 0 Å². The third-order valence-corrected chi connectivity index (χ3v) is 6.01. The van der Waals surface area contributed by atoms with Crippen LogP contribution in [0.3, 0.4) is 0 Å². The number of rotatable bonds is 2. The van der Waals surface area contributed by atoms with E-state index in [2.05, 4.69) is 78.9 Å². The maximum atomic E-state index is 6.74. The molecular formula is C25H23N. The minimum Gasteiger partial charge on any atom is -0.324 e. The van der Waals surface area contributed by atoms with Gasteiger partial charge in [-0.2, -0.15) is 0 Å². The van der Waals surface area contributed by atoms with Crippen molar-refractivity contribution in [3.63, 3.8) is 0 Å². The molecule has 128 valence electrons. The van der Waals surface area contributed by atoms with Crippen LogP contribution in [0.5, 0.6) is 0 Å². The Bertz CT molecular complexity index is 1030. The maximum absolute atomic E-state index is 6.74. The van der Waals surface area contributed by atoms with Gasteiger partial charge in [0.05, 0.1) is 0 Å². The summed E-state index contributed by atoms with van der Waals surface area (Å²) in [7, 11) is 0. The molecule has 0 aromatic heterocycles. The summed E-state index contributed by atoms with van der Waals surface area (Å²) in [5, 5.41) is 2.73. The second-order valence-electron chi connectivity index (χ2n) is 7.49. The highest BCUT2D eigenvalue weighted by Crippen LogP contribution is 2.41. The third kappa shape index (κ3) is 2.51. The summed E-state index contributed by atoms with van der Waals surface area (Å²) < 4.78 is 0. The summed E-state index contributed by atoms with van der Waals surface area (Å²) in [6.45, 7) is 0. The standard InChI is InChI=1S/C25H23N/c26-25-19(16-17-6-2-1-3-7-17)11-13-23-22-12-10-18-8-4-5-9-20(18)21(22)14-15-24(23)25/h1-13,19,25H,14-16,26H2. The first-order chi connectivity index (χ1) is 12.8. The number of nitrogens with two attached hydrogens (primary N) is 1. The van der Waals surface area contributed by atoms with Gasteiger partial charge >= 0.3 is 0 Å². The lowest BCUT2D eigenvalue weighted by atomic mass is 9.73. The summed E-state index contributed by atoms with van der Waals surface area (Å²) in [6, 6.07) is 24.1. The van der Waals surface area contributed by atoms with Crippen LogP contribution in [-0.4, -0.2) is 6.04 Å². The molecule has 0 bridgehead atoms. The van der Waals surface area contributed by atoms with E-state index in [9.17, 15) is 0 Å². The van der Waals surface area contributed by atoms with Crippen LogP contribution >= 0.6 is 0 Å². The second kappa shape index (κ2) is 6.26. The predicted molar refractivity (Wildman–Crippen MR) is 110 cm³/mol. The monoisotopic (exact) mass is 337 g/mol. The van der Waals surface area contributed by atoms with Crippen LogP contribution in [0.1, 0.15) is 23.1 Å². The summed E-state index contributed by atoms with van der Waals surface area (Å²) in [4.78, 5) is 0. The zero-order valence-corrected chi connectivity index (χ0v) is 14.9. The molecule has 0 saturated carbocycles. The Kier molecular flexibility index (Phi) is 3.76. The van der Waals surface area contributed by atoms with Crippen LogP contribution in [0.15, 0.2) is 84.5 Å². The van der Waals surface area contributed by atoms with E-state index in [0.29, 0.717) is 5.92 Å². The number of allylic oxidation sites excluding steroid dienone is 2. The highest BCUT2D eigenvalue weighted by molar-refractivity contribution is 5.94. The Morgan fingerprint density at radius 3 is 2.54 bits per heavy atom. The topological polar surface area (TPSA) is 26.0 Å². The smallest absolute Gasteiger partial charge is 0.0330 e. The number of benzene rings is 3. The molecule has 5 rings (SSSR count). The fourth-order valence-electron chi connectivity index (χ4n) is 4.65. The molecular weight excluding hydrogens is 314 g/mol. The van der Waals surface area contributed by atoms with Gasteiger partial charge < -0.3 is 5.73 Å². The Hall–Kier alpha value is -2.64. The van der Waals surface area contributed by atoms with Crippen LogP contribution in [0, 0.1) is 5.92 Å². The molecule has 2 atom stereocenters. The van der Waals surface area contributed by atoms with Gasteiger partial charge in [-0.1, -0.05) is 78.9 Å². The van der Waals surface area contributed by atoms with Crippen molar-refractivity contribution in [1.82, 2.24) is 0 Å². The highest BCUT2D eigenvalue weighted by Gasteiger charge is 2.29. The zero-order valence-electron chi connectivity index (χ0n) is 14.9. The van der Waals surface area contributed by atoms with Gasteiger partial charge in [0.25, 0.3) is 0 Å². The molecule has 2 aliphatic rings. The van der Waals surface area contributed by atoms with Gasteiger partial charge in [-0.25, -0.2) is 0 Å². The first kappa shape index (κ1) is 15.6. The molecule has 2 aliphatic carbocycles. The van der Waals surface area contributed by atoms with Crippen molar-refractivity contribution >= 4 is 16.3 Å². The molecule has 3 aromatic rings. The normalized spacial score (nSPS) is 21.6. The SMILES string of the molecule is NC1C2=C(C=CC1Cc1ccccc1)c1ccc3ccccc3c1CC2. The molecule has 2 N–H and O–H groups in total. The van der Waals surface area contributed by atoms with Crippen molar-refractivity contribution in [2.45, 2.75) is 25.3 Å². The van der Waals surface area contributed by atoms with Crippen molar-refractivity contribution in [1.29, 1.82) is 0 Å². The van der Waals surface area contributed by atoms with Gasteiger partial charge in [-0.05, 0) is 57.9 Å². The van der Waals surface area contributed by atoms with Gasteiger partial charge in [-0.3, -0.25) is 0 Å². The zero-order chi connectivity index (χ0) is 17.5. The molecule has 0 heterocycles. The summed E-state index contributed by atoms with van der Waals surface area (Å²) in [5.74, 6) is 0.387. The van der Waals surface area contributed by atoms with E-state index in [1.54, 1.807) is 0 Å². The van der Waals surface area contributed by atoms with E-state index < -0.39 is 0 Å². The van der Waals surface area contributed by atoms with Gasteiger partial charge in [0, 0.05) is 12.0 Å². The van der Waals surface area contributed by atoms with E-state index in [1.165, 1.54) is 38.6 Å². The Labute approximate surface area is 154 Å². The number of hydrogen-bond acceptors (Lipinski definition) is 1. The summed E-state index contributed by atoms with van der Waals surface area (Å²) >= 11 is 0. The van der Waals surface area contributed by atoms with E-state index in [-0.39, 0.29) is 6.04 Å². The number of fused-ring (bicyclic) bond motifs is 4. The first-order valence-corrected chi connectivity index (χ1v) is 9.53. The van der Waals surface area contributed by atoms with Crippen molar-refractivity contribution < 1.29 is 0 Å². The molecule has 0 fully saturated rings. The van der Waals surface area contributed by atoms with Gasteiger partial charge in [0.2, 0.25) is 0 Å². The predicted octanol–water partition coefficient (Wildman–Crippen LogP) is 5.30. The van der Waals surface area contributed by atoms with Crippen LogP contribution in [-0.2, 0) is 12.8 Å². The second-order valence-corrected chi connectivity index (χ2v) is 7.49. The van der Waals surface area contributed by atoms with Crippen LogP contribution in [0.2, 0.25) is 0 Å². The van der Waals surface area contributed by atoms with E-state index in [4.69, 9.17) is 5.73 Å². The summed E-state index contributed by atoms with van der Waals surface area (Å²) in [5.41, 5.74) is 13.8. The lowest BCUT2D eigenvalue weighted by Gasteiger charge is -2.33. The minimum atomic E-state index is 0.120. The van der Waals surface area contributed by atoms with E-state index >= 15 is 0 Å². The van der Waals surface area contributed by atoms with Crippen molar-refractivity contribution in [2.24, 2.45) is 11.7 Å². The number of aryl methyl sites for hydroxylation is 1. The minimum absolute atomic E-state index is 0.120. The average Bonchev–Trinajstić information content (AvgIpc) is 2.70. The van der Waals surface area contributed by atoms with Crippen molar-refractivity contribution in [3.05, 3.63) is 101 Å². The molecule has 0 saturated heterocycles. The van der Waals surface area contributed by atoms with Gasteiger partial charge in [-0.15, -0.1) is 0 Å². The average molecular weight is 337 g/mol. The first-order valence-electron chi connectivity index (χ1n) is 9.53. The molecule has 3 aromatic carbocycles. The fourth-order valence-corrected chi connectivity index (χ4v) is 4.65. The van der Waals surface area contributed by atoms with Crippen molar-refractivity contribution in [3.8, 4) is 0 Å². The molecule has 0 spiro atoms. The molecule has 1 nitrogen and oxygen atoms in total. The molecule has 26 heavy (non-hydrogen) atoms. The summed E-state index contributed by atoms with van der Waals surface area (Å²) in [6.07, 6.45) is 7.85. The van der Waals surface area contributed by atoms with Gasteiger partial charge in [0.1, 0.15) is 0 Å². The quantitative estimate of drug-likeness (QED) is 0.675. The molecule has 0 aliphatic heterocycles. The molecule has 1 heteroatoms. The Morgan fingerprint density at radius 1 is 0.846 bits per heavy atom. The van der Waals surface area contributed by atoms with Crippen LogP contribution < -0.4 is 5.73 Å². The fraction of sp³-hybridized carbons (Fsp3) is 0.200. The molecule has 0 radical (unpaired) electrons. The largest absolute Gasteiger partial charge is 0.324 e. The van der Waals surface area contributed by atoms with Crippen LogP contribution in [0.4, 0.5) is 0 Å². The highest BCUT2D eigenvalue weighted by atomic mass is 14.7.